The minimum Gasteiger partial charge on any atom is -0.308 e. The second kappa shape index (κ2) is 5.76. The van der Waals surface area contributed by atoms with Crippen LogP contribution in [-0.4, -0.2) is 6.21 Å². The summed E-state index contributed by atoms with van der Waals surface area (Å²) in [5, 5.41) is 7.04. The van der Waals surface area contributed by atoms with Gasteiger partial charge in [-0.25, -0.2) is 0 Å². The molecule has 0 fully saturated rings. The van der Waals surface area contributed by atoms with Crippen LogP contribution in [0.1, 0.15) is 34.1 Å². The second-order valence-electron chi connectivity index (χ2n) is 3.37. The van der Waals surface area contributed by atoms with Crippen LogP contribution in [0.3, 0.4) is 0 Å². The predicted molar refractivity (Wildman–Crippen MR) is 55.8 cm³/mol. The van der Waals surface area contributed by atoms with Gasteiger partial charge in [0, 0.05) is 6.21 Å². The predicted octanol–water partition coefficient (Wildman–Crippen LogP) is 3.57. The molecule has 0 amide bonds. The Bertz CT molecular complexity index is 197. The fraction of sp³-hybridized carbons (Fsp3) is 0.545. The van der Waals surface area contributed by atoms with Crippen LogP contribution in [0.2, 0.25) is 0 Å². The lowest BCUT2D eigenvalue weighted by Crippen LogP contribution is -1.85. The van der Waals surface area contributed by atoms with Crippen LogP contribution in [0.4, 0.5) is 0 Å². The molecule has 0 saturated heterocycles. The molecule has 0 atom stereocenters. The van der Waals surface area contributed by atoms with Gasteiger partial charge in [0.1, 0.15) is 0 Å². The molecule has 1 nitrogen and oxygen atoms in total. The molecule has 0 aliphatic heterocycles. The Morgan fingerprint density at radius 1 is 1.42 bits per heavy atom. The molecule has 0 bridgehead atoms. The highest BCUT2D eigenvalue weighted by Gasteiger charge is 1.92. The first kappa shape index (κ1) is 11.2. The highest BCUT2D eigenvalue weighted by Crippen LogP contribution is 2.09. The lowest BCUT2D eigenvalue weighted by molar-refractivity contribution is 0.818. The summed E-state index contributed by atoms with van der Waals surface area (Å²) in [7, 11) is 0. The number of allylic oxidation sites excluding steroid dienone is 4. The molecule has 0 aromatic rings. The topological polar surface area (TPSA) is 23.9 Å². The highest BCUT2D eigenvalue weighted by molar-refractivity contribution is 5.75. The number of hydrogen-bond donors (Lipinski definition) is 1. The molecule has 0 aliphatic rings. The highest BCUT2D eigenvalue weighted by atomic mass is 14.3. The lowest BCUT2D eigenvalue weighted by atomic mass is 10.1. The van der Waals surface area contributed by atoms with E-state index in [9.17, 15) is 0 Å². The van der Waals surface area contributed by atoms with E-state index < -0.39 is 0 Å². The zero-order valence-corrected chi connectivity index (χ0v) is 8.52. The van der Waals surface area contributed by atoms with Crippen LogP contribution in [0, 0.1) is 11.3 Å². The first-order chi connectivity index (χ1) is 5.60. The Kier molecular flexibility index (Phi) is 5.35. The van der Waals surface area contributed by atoms with Gasteiger partial charge >= 0.3 is 0 Å². The molecule has 0 saturated carbocycles. The molecule has 1 N–H and O–H groups in total. The molecular formula is C11H19N. The van der Waals surface area contributed by atoms with E-state index in [2.05, 4.69) is 32.9 Å². The van der Waals surface area contributed by atoms with Crippen molar-refractivity contribution in [3.8, 4) is 0 Å². The molecule has 0 heterocycles. The van der Waals surface area contributed by atoms with Gasteiger partial charge in [-0.15, -0.1) is 0 Å². The standard InChI is InChI=1S/C11H19N/c1-5-11(6-9(2)3)7-10(4)8-12/h6-9,12H,5H2,1-4H3/b10-7-,11-6+,12-8?. The van der Waals surface area contributed by atoms with Crippen LogP contribution in [0.5, 0.6) is 0 Å². The Morgan fingerprint density at radius 2 is 2.00 bits per heavy atom. The molecule has 1 heteroatoms. The summed E-state index contributed by atoms with van der Waals surface area (Å²) < 4.78 is 0. The monoisotopic (exact) mass is 165 g/mol. The fourth-order valence-corrected chi connectivity index (χ4v) is 1.03. The molecule has 0 radical (unpaired) electrons. The van der Waals surface area contributed by atoms with Crippen LogP contribution < -0.4 is 0 Å². The van der Waals surface area contributed by atoms with Gasteiger partial charge in [-0.3, -0.25) is 0 Å². The van der Waals surface area contributed by atoms with Crippen molar-refractivity contribution in [2.45, 2.75) is 34.1 Å². The van der Waals surface area contributed by atoms with Crippen LogP contribution >= 0.6 is 0 Å². The molecule has 0 rings (SSSR count). The minimum absolute atomic E-state index is 0.592. The Labute approximate surface area is 75.7 Å². The average Bonchev–Trinajstić information content (AvgIpc) is 2.02. The zero-order valence-electron chi connectivity index (χ0n) is 8.52. The van der Waals surface area contributed by atoms with Crippen LogP contribution in [0.25, 0.3) is 0 Å². The molecule has 0 aromatic heterocycles. The van der Waals surface area contributed by atoms with Gasteiger partial charge in [0.25, 0.3) is 0 Å². The third kappa shape index (κ3) is 4.89. The normalized spacial score (nSPS) is 13.8. The summed E-state index contributed by atoms with van der Waals surface area (Å²) in [5.41, 5.74) is 2.34. The molecule has 0 spiro atoms. The van der Waals surface area contributed by atoms with Crippen molar-refractivity contribution in [1.29, 1.82) is 5.41 Å². The Morgan fingerprint density at radius 3 is 2.33 bits per heavy atom. The van der Waals surface area contributed by atoms with E-state index in [1.165, 1.54) is 11.8 Å². The molecule has 0 aromatic carbocycles. The fourth-order valence-electron chi connectivity index (χ4n) is 1.03. The van der Waals surface area contributed by atoms with Gasteiger partial charge in [-0.05, 0) is 24.8 Å². The van der Waals surface area contributed by atoms with Gasteiger partial charge in [-0.1, -0.05) is 38.5 Å². The van der Waals surface area contributed by atoms with Crippen molar-refractivity contribution >= 4 is 6.21 Å². The molecule has 12 heavy (non-hydrogen) atoms. The number of nitrogens with one attached hydrogen (secondary N) is 1. The zero-order chi connectivity index (χ0) is 9.56. The second-order valence-corrected chi connectivity index (χ2v) is 3.37. The molecule has 68 valence electrons. The van der Waals surface area contributed by atoms with Gasteiger partial charge in [0.05, 0.1) is 0 Å². The summed E-state index contributed by atoms with van der Waals surface area (Å²) in [6.45, 7) is 8.44. The van der Waals surface area contributed by atoms with Gasteiger partial charge < -0.3 is 5.41 Å². The van der Waals surface area contributed by atoms with E-state index in [1.54, 1.807) is 0 Å². The summed E-state index contributed by atoms with van der Waals surface area (Å²) >= 11 is 0. The SMILES string of the molecule is CCC(/C=C(/C)C=N)=C\C(C)C. The van der Waals surface area contributed by atoms with Crippen molar-refractivity contribution in [2.75, 3.05) is 0 Å². The summed E-state index contributed by atoms with van der Waals surface area (Å²) in [6.07, 6.45) is 6.76. The van der Waals surface area contributed by atoms with Crippen LogP contribution in [0.15, 0.2) is 23.3 Å². The maximum atomic E-state index is 7.04. The van der Waals surface area contributed by atoms with Gasteiger partial charge in [0.15, 0.2) is 0 Å². The lowest BCUT2D eigenvalue weighted by Gasteiger charge is -2.01. The van der Waals surface area contributed by atoms with Crippen molar-refractivity contribution in [2.24, 2.45) is 5.92 Å². The van der Waals surface area contributed by atoms with E-state index in [-0.39, 0.29) is 0 Å². The number of hydrogen-bond acceptors (Lipinski definition) is 1. The Hall–Kier alpha value is -0.850. The van der Waals surface area contributed by atoms with Gasteiger partial charge in [-0.2, -0.15) is 0 Å². The largest absolute Gasteiger partial charge is 0.308 e. The third-order valence-corrected chi connectivity index (χ3v) is 1.60. The van der Waals surface area contributed by atoms with Crippen molar-refractivity contribution in [3.63, 3.8) is 0 Å². The maximum absolute atomic E-state index is 7.04. The van der Waals surface area contributed by atoms with Crippen molar-refractivity contribution in [1.82, 2.24) is 0 Å². The maximum Gasteiger partial charge on any atom is 0.0207 e. The van der Waals surface area contributed by atoms with Crippen LogP contribution in [-0.2, 0) is 0 Å². The van der Waals surface area contributed by atoms with E-state index in [4.69, 9.17) is 5.41 Å². The molecule has 0 unspecified atom stereocenters. The molecule has 0 aliphatic carbocycles. The van der Waals surface area contributed by atoms with Crippen molar-refractivity contribution < 1.29 is 0 Å². The third-order valence-electron chi connectivity index (χ3n) is 1.60. The first-order valence-electron chi connectivity index (χ1n) is 4.49. The van der Waals surface area contributed by atoms with Gasteiger partial charge in [0.2, 0.25) is 0 Å². The minimum atomic E-state index is 0.592. The Balaban J connectivity index is 4.46. The summed E-state index contributed by atoms with van der Waals surface area (Å²) in [4.78, 5) is 0. The van der Waals surface area contributed by atoms with E-state index in [1.807, 2.05) is 6.92 Å². The average molecular weight is 165 g/mol. The summed E-state index contributed by atoms with van der Waals surface area (Å²) in [6, 6.07) is 0. The van der Waals surface area contributed by atoms with E-state index >= 15 is 0 Å². The first-order valence-corrected chi connectivity index (χ1v) is 4.49. The van der Waals surface area contributed by atoms with Crippen molar-refractivity contribution in [3.05, 3.63) is 23.3 Å². The quantitative estimate of drug-likeness (QED) is 0.486. The van der Waals surface area contributed by atoms with E-state index in [0.717, 1.165) is 12.0 Å². The smallest absolute Gasteiger partial charge is 0.0207 e. The summed E-state index contributed by atoms with van der Waals surface area (Å²) in [5.74, 6) is 0.592. The number of rotatable bonds is 4. The van der Waals surface area contributed by atoms with E-state index in [0.29, 0.717) is 5.92 Å². The molecular weight excluding hydrogens is 146 g/mol.